The van der Waals surface area contributed by atoms with Gasteiger partial charge in [0.2, 0.25) is 10.0 Å². The molecule has 1 amide bonds. The highest BCUT2D eigenvalue weighted by atomic mass is 79.9. The lowest BCUT2D eigenvalue weighted by atomic mass is 10.0. The number of rotatable bonds is 10. The number of amides is 1. The Morgan fingerprint density at radius 2 is 1.93 bits per heavy atom. The highest BCUT2D eigenvalue weighted by Gasteiger charge is 2.31. The molecule has 1 aromatic heterocycles. The van der Waals surface area contributed by atoms with E-state index in [9.17, 15) is 22.7 Å². The summed E-state index contributed by atoms with van der Waals surface area (Å²) in [4.78, 5) is 12.9. The molecule has 0 spiro atoms. The highest BCUT2D eigenvalue weighted by molar-refractivity contribution is 9.10. The first-order valence-electron chi connectivity index (χ1n) is 12.8. The number of fused-ring (bicyclic) bond motifs is 1. The lowest BCUT2D eigenvalue weighted by Gasteiger charge is -2.15. The standard InChI is InChI=1S/C29H27BrClFN2O5S/c1-33-29(36)26-21-14-20(16-7-8-16)23(15-25(21)39-28(26)17-9-11-18(32)12-10-17)34-40(37,38)13-3-6-24(35)19-4-2-5-22(31)27(19)30/h2,4-5,9-12,14-16,24,34-35H,3,6-8,13H2,1H3,(H,33,36). The molecular formula is C29H27BrClFN2O5S. The van der Waals surface area contributed by atoms with Crippen molar-refractivity contribution in [3.63, 3.8) is 0 Å². The van der Waals surface area contributed by atoms with Crippen LogP contribution >= 0.6 is 27.5 Å². The molecule has 0 bridgehead atoms. The first-order chi connectivity index (χ1) is 19.1. The Bertz CT molecular complexity index is 1690. The average molecular weight is 650 g/mol. The molecule has 4 aromatic rings. The number of hydrogen-bond donors (Lipinski definition) is 3. The minimum Gasteiger partial charge on any atom is -0.455 e. The number of hydrogen-bond acceptors (Lipinski definition) is 5. The maximum atomic E-state index is 13.5. The number of aliphatic hydroxyl groups excluding tert-OH is 1. The molecule has 1 atom stereocenters. The van der Waals surface area contributed by atoms with E-state index < -0.39 is 21.9 Å². The monoisotopic (exact) mass is 648 g/mol. The van der Waals surface area contributed by atoms with E-state index in [1.54, 1.807) is 24.3 Å². The Morgan fingerprint density at radius 1 is 1.20 bits per heavy atom. The van der Waals surface area contributed by atoms with Gasteiger partial charge in [-0.05, 0) is 95.1 Å². The molecule has 210 valence electrons. The van der Waals surface area contributed by atoms with Gasteiger partial charge in [0, 0.05) is 28.5 Å². The topological polar surface area (TPSA) is 109 Å². The first-order valence-corrected chi connectivity index (χ1v) is 15.6. The lowest BCUT2D eigenvalue weighted by Crippen LogP contribution is -2.19. The summed E-state index contributed by atoms with van der Waals surface area (Å²) in [5.41, 5.74) is 2.95. The normalized spacial score (nSPS) is 14.3. The van der Waals surface area contributed by atoms with Gasteiger partial charge >= 0.3 is 0 Å². The fourth-order valence-electron chi connectivity index (χ4n) is 4.75. The van der Waals surface area contributed by atoms with Crippen LogP contribution in [0.3, 0.4) is 0 Å². The molecule has 1 aliphatic carbocycles. The number of carbonyl (C=O) groups excluding carboxylic acids is 1. The summed E-state index contributed by atoms with van der Waals surface area (Å²) < 4.78 is 49.1. The van der Waals surface area contributed by atoms with Crippen molar-refractivity contribution in [3.05, 3.63) is 86.6 Å². The zero-order chi connectivity index (χ0) is 28.6. The first kappa shape index (κ1) is 28.6. The molecule has 40 heavy (non-hydrogen) atoms. The third-order valence-corrected chi connectivity index (χ3v) is 9.72. The van der Waals surface area contributed by atoms with E-state index in [4.69, 9.17) is 16.0 Å². The summed E-state index contributed by atoms with van der Waals surface area (Å²) in [6.45, 7) is 0. The number of sulfonamides is 1. The van der Waals surface area contributed by atoms with E-state index >= 15 is 0 Å². The van der Waals surface area contributed by atoms with Crippen LogP contribution in [0.25, 0.3) is 22.3 Å². The summed E-state index contributed by atoms with van der Waals surface area (Å²) in [6.07, 6.45) is 1.37. The predicted octanol–water partition coefficient (Wildman–Crippen LogP) is 7.15. The van der Waals surface area contributed by atoms with Crippen molar-refractivity contribution in [3.8, 4) is 11.3 Å². The summed E-state index contributed by atoms with van der Waals surface area (Å²) >= 11 is 9.48. The van der Waals surface area contributed by atoms with Gasteiger partial charge in [-0.25, -0.2) is 12.8 Å². The van der Waals surface area contributed by atoms with Crippen molar-refractivity contribution in [1.82, 2.24) is 5.32 Å². The Hall–Kier alpha value is -2.92. The minimum absolute atomic E-state index is 0.158. The van der Waals surface area contributed by atoms with E-state index in [-0.39, 0.29) is 36.2 Å². The van der Waals surface area contributed by atoms with Crippen LogP contribution in [-0.2, 0) is 10.0 Å². The Labute approximate surface area is 244 Å². The van der Waals surface area contributed by atoms with E-state index in [1.165, 1.54) is 31.3 Å². The van der Waals surface area contributed by atoms with Crippen LogP contribution in [0.15, 0.2) is 63.5 Å². The van der Waals surface area contributed by atoms with Crippen molar-refractivity contribution in [2.75, 3.05) is 17.5 Å². The average Bonchev–Trinajstić information content (AvgIpc) is 3.70. The summed E-state index contributed by atoms with van der Waals surface area (Å²) in [6, 6.07) is 14.2. The maximum Gasteiger partial charge on any atom is 0.255 e. The number of carbonyl (C=O) groups is 1. The number of anilines is 1. The van der Waals surface area contributed by atoms with Gasteiger partial charge in [0.25, 0.3) is 5.91 Å². The molecule has 1 unspecified atom stereocenters. The van der Waals surface area contributed by atoms with Crippen LogP contribution in [0, 0.1) is 5.82 Å². The van der Waals surface area contributed by atoms with Crippen LogP contribution in [0.1, 0.15) is 59.2 Å². The van der Waals surface area contributed by atoms with Crippen molar-refractivity contribution < 1.29 is 27.1 Å². The lowest BCUT2D eigenvalue weighted by molar-refractivity contribution is 0.0964. The molecule has 5 rings (SSSR count). The quantitative estimate of drug-likeness (QED) is 0.169. The number of furan rings is 1. The third kappa shape index (κ3) is 6.05. The molecule has 0 aliphatic heterocycles. The molecule has 7 nitrogen and oxygen atoms in total. The molecule has 1 fully saturated rings. The fraction of sp³-hybridized carbons (Fsp3) is 0.276. The number of aliphatic hydroxyl groups is 1. The molecule has 1 aliphatic rings. The van der Waals surface area contributed by atoms with Crippen molar-refractivity contribution in [2.24, 2.45) is 0 Å². The third-order valence-electron chi connectivity index (χ3n) is 6.93. The number of benzene rings is 3. The van der Waals surface area contributed by atoms with Crippen molar-refractivity contribution in [2.45, 2.75) is 37.7 Å². The largest absolute Gasteiger partial charge is 0.455 e. The van der Waals surface area contributed by atoms with Gasteiger partial charge in [-0.2, -0.15) is 0 Å². The number of nitrogens with one attached hydrogen (secondary N) is 2. The molecule has 11 heteroatoms. The predicted molar refractivity (Wildman–Crippen MR) is 158 cm³/mol. The minimum atomic E-state index is -3.77. The van der Waals surface area contributed by atoms with E-state index in [1.807, 2.05) is 6.07 Å². The molecule has 1 saturated carbocycles. The van der Waals surface area contributed by atoms with Crippen molar-refractivity contribution >= 4 is 60.1 Å². The van der Waals surface area contributed by atoms with Gasteiger partial charge < -0.3 is 14.8 Å². The van der Waals surface area contributed by atoms with E-state index in [2.05, 4.69) is 26.0 Å². The second kappa shape index (κ2) is 11.5. The number of halogens is 3. The van der Waals surface area contributed by atoms with Crippen LogP contribution in [0.4, 0.5) is 10.1 Å². The molecule has 3 aromatic carbocycles. The van der Waals surface area contributed by atoms with E-state index in [0.717, 1.165) is 18.4 Å². The molecular weight excluding hydrogens is 623 g/mol. The highest BCUT2D eigenvalue weighted by Crippen LogP contribution is 2.47. The molecule has 3 N–H and O–H groups in total. The van der Waals surface area contributed by atoms with Gasteiger partial charge in [-0.15, -0.1) is 0 Å². The second-order valence-electron chi connectivity index (χ2n) is 9.82. The smallest absolute Gasteiger partial charge is 0.255 e. The van der Waals surface area contributed by atoms with Gasteiger partial charge in [-0.3, -0.25) is 9.52 Å². The summed E-state index contributed by atoms with van der Waals surface area (Å²) in [5.74, 6) is -0.546. The van der Waals surface area contributed by atoms with Crippen LogP contribution < -0.4 is 10.0 Å². The van der Waals surface area contributed by atoms with Gasteiger partial charge in [0.05, 0.1) is 28.1 Å². The SMILES string of the molecule is CNC(=O)c1c(-c2ccc(F)cc2)oc2cc(NS(=O)(=O)CCCC(O)c3cccc(Cl)c3Br)c(C3CC3)cc12. The van der Waals surface area contributed by atoms with Crippen LogP contribution in [-0.4, -0.2) is 32.2 Å². The Morgan fingerprint density at radius 3 is 2.60 bits per heavy atom. The maximum absolute atomic E-state index is 13.5. The molecule has 0 saturated heterocycles. The van der Waals surface area contributed by atoms with Crippen molar-refractivity contribution in [1.29, 1.82) is 0 Å². The fourth-order valence-corrected chi connectivity index (χ4v) is 6.62. The Kier molecular flexibility index (Phi) is 8.24. The molecule has 0 radical (unpaired) electrons. The summed E-state index contributed by atoms with van der Waals surface area (Å²) in [5, 5.41) is 14.2. The zero-order valence-corrected chi connectivity index (χ0v) is 24.7. The zero-order valence-electron chi connectivity index (χ0n) is 21.5. The summed E-state index contributed by atoms with van der Waals surface area (Å²) in [7, 11) is -2.25. The van der Waals surface area contributed by atoms with Crippen LogP contribution in [0.2, 0.25) is 5.02 Å². The second-order valence-corrected chi connectivity index (χ2v) is 12.9. The van der Waals surface area contributed by atoms with Gasteiger partial charge in [-0.1, -0.05) is 23.7 Å². The van der Waals surface area contributed by atoms with Crippen LogP contribution in [0.5, 0.6) is 0 Å². The van der Waals surface area contributed by atoms with Gasteiger partial charge in [0.1, 0.15) is 17.2 Å². The Balaban J connectivity index is 1.42. The van der Waals surface area contributed by atoms with E-state index in [0.29, 0.717) is 42.8 Å². The molecule has 1 heterocycles. The van der Waals surface area contributed by atoms with Gasteiger partial charge in [0.15, 0.2) is 0 Å².